The number of piperidine rings is 2. The molecule has 6 aliphatic heterocycles. The minimum atomic E-state index is -0.159. The molecule has 0 N–H and O–H groups in total. The summed E-state index contributed by atoms with van der Waals surface area (Å²) in [7, 11) is 0. The minimum Gasteiger partial charge on any atom is -0.490 e. The SMILES string of the molecule is Fc1ccc(OC2CCOCC2)c(C2CCN([C@@H]3CCC4(C3)CN(c3cncnc3)C4)CC2)c1.Fc1ccc(OC2CCOCC2)c(C2CCN([C@H]3CCC4(C3)CN(c3cncnc3)C4)CC2)c1. The van der Waals surface area contributed by atoms with Crippen LogP contribution in [0.1, 0.15) is 113 Å². The lowest BCUT2D eigenvalue weighted by molar-refractivity contribution is 0.0245. The zero-order valence-electron chi connectivity index (χ0n) is 39.7. The third-order valence-electron chi connectivity index (χ3n) is 17.1. The second-order valence-electron chi connectivity index (χ2n) is 21.5. The van der Waals surface area contributed by atoms with Gasteiger partial charge in [-0.05, 0) is 139 Å². The van der Waals surface area contributed by atoms with Crippen LogP contribution < -0.4 is 19.3 Å². The van der Waals surface area contributed by atoms with E-state index in [1.807, 2.05) is 36.9 Å². The molecule has 364 valence electrons. The molecule has 2 saturated carbocycles. The zero-order chi connectivity index (χ0) is 45.9. The Balaban J connectivity index is 0.000000149. The van der Waals surface area contributed by atoms with Gasteiger partial charge in [-0.25, -0.2) is 28.7 Å². The summed E-state index contributed by atoms with van der Waals surface area (Å²) in [5.74, 6) is 2.18. The fourth-order valence-corrected chi connectivity index (χ4v) is 13.3. The van der Waals surface area contributed by atoms with E-state index in [0.717, 1.165) is 164 Å². The Morgan fingerprint density at radius 2 is 0.882 bits per heavy atom. The van der Waals surface area contributed by atoms with Crippen LogP contribution in [0, 0.1) is 22.5 Å². The topological polar surface area (TPSA) is 101 Å². The first-order valence-corrected chi connectivity index (χ1v) is 25.9. The van der Waals surface area contributed by atoms with Gasteiger partial charge in [-0.3, -0.25) is 0 Å². The van der Waals surface area contributed by atoms with E-state index < -0.39 is 0 Å². The van der Waals surface area contributed by atoms with Crippen molar-refractivity contribution in [3.8, 4) is 11.5 Å². The normalized spacial score (nSPS) is 26.0. The molecule has 4 aromatic rings. The molecule has 2 aromatic heterocycles. The average Bonchev–Trinajstić information content (AvgIpc) is 4.03. The molecule has 12 nitrogen and oxygen atoms in total. The molecule has 2 atom stereocenters. The van der Waals surface area contributed by atoms with E-state index in [9.17, 15) is 8.78 Å². The zero-order valence-corrected chi connectivity index (χ0v) is 39.7. The maximum absolute atomic E-state index is 14.2. The van der Waals surface area contributed by atoms with Crippen LogP contribution in [0.15, 0.2) is 73.8 Å². The Kier molecular flexibility index (Phi) is 13.8. The first-order valence-electron chi connectivity index (χ1n) is 25.9. The Bertz CT molecular complexity index is 2100. The number of ether oxygens (including phenoxy) is 4. The lowest BCUT2D eigenvalue weighted by Gasteiger charge is -2.50. The van der Waals surface area contributed by atoms with Crippen molar-refractivity contribution in [3.63, 3.8) is 0 Å². The molecule has 68 heavy (non-hydrogen) atoms. The minimum absolute atomic E-state index is 0.159. The van der Waals surface area contributed by atoms with Gasteiger partial charge in [0.15, 0.2) is 0 Å². The largest absolute Gasteiger partial charge is 0.490 e. The van der Waals surface area contributed by atoms with Crippen molar-refractivity contribution in [3.05, 3.63) is 96.6 Å². The Hall–Kier alpha value is -4.50. The molecular formula is C54H70F2N8O4. The van der Waals surface area contributed by atoms with E-state index in [1.54, 1.807) is 24.8 Å². The van der Waals surface area contributed by atoms with E-state index >= 15 is 0 Å². The molecule has 12 rings (SSSR count). The number of benzene rings is 2. The summed E-state index contributed by atoms with van der Waals surface area (Å²) in [4.78, 5) is 26.9. The van der Waals surface area contributed by atoms with Crippen molar-refractivity contribution in [1.82, 2.24) is 29.7 Å². The highest BCUT2D eigenvalue weighted by Crippen LogP contribution is 2.51. The molecule has 0 unspecified atom stereocenters. The average molecular weight is 933 g/mol. The van der Waals surface area contributed by atoms with Crippen molar-refractivity contribution in [2.24, 2.45) is 10.8 Å². The number of likely N-dealkylation sites (tertiary alicyclic amines) is 2. The van der Waals surface area contributed by atoms with Gasteiger partial charge in [0.25, 0.3) is 0 Å². The predicted molar refractivity (Wildman–Crippen MR) is 257 cm³/mol. The highest BCUT2D eigenvalue weighted by Gasteiger charge is 2.51. The second-order valence-corrected chi connectivity index (χ2v) is 21.5. The number of hydrogen-bond acceptors (Lipinski definition) is 12. The predicted octanol–water partition coefficient (Wildman–Crippen LogP) is 8.82. The summed E-state index contributed by atoms with van der Waals surface area (Å²) in [5.41, 5.74) is 5.34. The fourth-order valence-electron chi connectivity index (χ4n) is 13.3. The van der Waals surface area contributed by atoms with Crippen LogP contribution in [0.4, 0.5) is 20.2 Å². The maximum atomic E-state index is 14.2. The molecule has 0 amide bonds. The molecule has 8 heterocycles. The molecule has 0 bridgehead atoms. The lowest BCUT2D eigenvalue weighted by atomic mass is 9.77. The van der Waals surface area contributed by atoms with Gasteiger partial charge in [0, 0.05) is 85.9 Å². The number of rotatable bonds is 10. The third-order valence-corrected chi connectivity index (χ3v) is 17.1. The Labute approximate surface area is 401 Å². The van der Waals surface area contributed by atoms with Gasteiger partial charge in [0.2, 0.25) is 0 Å². The van der Waals surface area contributed by atoms with Gasteiger partial charge in [0.1, 0.15) is 48.0 Å². The monoisotopic (exact) mass is 933 g/mol. The number of aromatic nitrogens is 4. The van der Waals surface area contributed by atoms with Crippen molar-refractivity contribution in [2.75, 3.05) is 88.6 Å². The molecular weight excluding hydrogens is 863 g/mol. The van der Waals surface area contributed by atoms with Crippen molar-refractivity contribution < 1.29 is 27.7 Å². The van der Waals surface area contributed by atoms with Crippen LogP contribution in [0.5, 0.6) is 11.5 Å². The van der Waals surface area contributed by atoms with Gasteiger partial charge < -0.3 is 38.5 Å². The number of halogens is 2. The molecule has 6 saturated heterocycles. The van der Waals surface area contributed by atoms with Gasteiger partial charge in [-0.1, -0.05) is 0 Å². The van der Waals surface area contributed by atoms with E-state index in [4.69, 9.17) is 18.9 Å². The quantitative estimate of drug-likeness (QED) is 0.152. The molecule has 8 fully saturated rings. The summed E-state index contributed by atoms with van der Waals surface area (Å²) in [5, 5.41) is 0. The summed E-state index contributed by atoms with van der Waals surface area (Å²) >= 11 is 0. The molecule has 0 radical (unpaired) electrons. The van der Waals surface area contributed by atoms with Crippen molar-refractivity contribution in [2.45, 2.75) is 126 Å². The van der Waals surface area contributed by atoms with Crippen LogP contribution in [-0.4, -0.2) is 133 Å². The van der Waals surface area contributed by atoms with Crippen molar-refractivity contribution >= 4 is 11.4 Å². The summed E-state index contributed by atoms with van der Waals surface area (Å²) in [6.45, 7) is 11.9. The summed E-state index contributed by atoms with van der Waals surface area (Å²) in [6, 6.07) is 11.6. The Morgan fingerprint density at radius 1 is 0.500 bits per heavy atom. The van der Waals surface area contributed by atoms with Gasteiger partial charge in [-0.15, -0.1) is 0 Å². The fraction of sp³-hybridized carbons (Fsp3) is 0.630. The van der Waals surface area contributed by atoms with Crippen LogP contribution in [0.2, 0.25) is 0 Å². The van der Waals surface area contributed by atoms with Crippen LogP contribution in [0.25, 0.3) is 0 Å². The Morgan fingerprint density at radius 3 is 1.26 bits per heavy atom. The summed E-state index contributed by atoms with van der Waals surface area (Å²) < 4.78 is 52.0. The standard InChI is InChI=1S/2C27H35FN4O2/c2*28-21-1-2-26(34-24-6-11-33-12-7-24)25(13-21)20-4-9-31(10-5-20)22-3-8-27(14-22)17-32(18-27)23-15-29-19-30-16-23/h2*1-2,13,15-16,19-20,22,24H,3-12,14,17-18H2/t2*22-/m10/s1. The molecule has 14 heteroatoms. The highest BCUT2D eigenvalue weighted by molar-refractivity contribution is 5.47. The van der Waals surface area contributed by atoms with Gasteiger partial charge in [0.05, 0.1) is 62.6 Å². The van der Waals surface area contributed by atoms with Crippen LogP contribution in [0.3, 0.4) is 0 Å². The first-order chi connectivity index (χ1) is 33.3. The van der Waals surface area contributed by atoms with E-state index in [0.29, 0.717) is 34.7 Å². The number of hydrogen-bond donors (Lipinski definition) is 0. The van der Waals surface area contributed by atoms with Gasteiger partial charge >= 0.3 is 0 Å². The van der Waals surface area contributed by atoms with E-state index in [2.05, 4.69) is 39.5 Å². The molecule has 2 aliphatic carbocycles. The smallest absolute Gasteiger partial charge is 0.123 e. The molecule has 2 spiro atoms. The number of nitrogens with zero attached hydrogens (tertiary/aromatic N) is 8. The lowest BCUT2D eigenvalue weighted by Crippen LogP contribution is -2.56. The number of anilines is 2. The van der Waals surface area contributed by atoms with E-state index in [1.165, 1.54) is 50.7 Å². The highest BCUT2D eigenvalue weighted by atomic mass is 19.1. The van der Waals surface area contributed by atoms with E-state index in [-0.39, 0.29) is 23.8 Å². The van der Waals surface area contributed by atoms with Crippen molar-refractivity contribution in [1.29, 1.82) is 0 Å². The summed E-state index contributed by atoms with van der Waals surface area (Å²) in [6.07, 6.45) is 27.0. The van der Waals surface area contributed by atoms with Gasteiger partial charge in [-0.2, -0.15) is 0 Å². The maximum Gasteiger partial charge on any atom is 0.123 e. The first kappa shape index (κ1) is 45.9. The molecule has 8 aliphatic rings. The van der Waals surface area contributed by atoms with Crippen LogP contribution >= 0.6 is 0 Å². The second kappa shape index (κ2) is 20.5. The van der Waals surface area contributed by atoms with Crippen LogP contribution in [-0.2, 0) is 9.47 Å². The third kappa shape index (κ3) is 10.3. The molecule has 2 aromatic carbocycles.